The van der Waals surface area contributed by atoms with Gasteiger partial charge in [-0.15, -0.1) is 10.2 Å². The van der Waals surface area contributed by atoms with Crippen molar-refractivity contribution < 1.29 is 14.7 Å². The normalized spacial score (nSPS) is 32.2. The fourth-order valence-electron chi connectivity index (χ4n) is 3.24. The molecule has 1 aromatic rings. The summed E-state index contributed by atoms with van der Waals surface area (Å²) in [5.41, 5.74) is 0. The van der Waals surface area contributed by atoms with Crippen molar-refractivity contribution >= 4 is 11.9 Å². The molecule has 1 amide bonds. The van der Waals surface area contributed by atoms with Crippen LogP contribution in [0.25, 0.3) is 0 Å². The van der Waals surface area contributed by atoms with E-state index < -0.39 is 23.8 Å². The number of aliphatic carboxylic acids is 1. The van der Waals surface area contributed by atoms with Crippen molar-refractivity contribution in [1.82, 2.24) is 25.9 Å². The quantitative estimate of drug-likeness (QED) is 0.661. The molecule has 1 fully saturated rings. The number of hydrogen-bond donors (Lipinski definition) is 3. The highest BCUT2D eigenvalue weighted by Gasteiger charge is 2.51. The Labute approximate surface area is 114 Å². The molecule has 2 aliphatic carbocycles. The van der Waals surface area contributed by atoms with E-state index in [-0.39, 0.29) is 17.7 Å². The van der Waals surface area contributed by atoms with Crippen LogP contribution in [0.3, 0.4) is 0 Å². The molecule has 0 radical (unpaired) electrons. The van der Waals surface area contributed by atoms with Crippen LogP contribution in [0.15, 0.2) is 12.2 Å². The number of nitrogens with zero attached hydrogens (tertiary/aromatic N) is 3. The first-order valence-corrected chi connectivity index (χ1v) is 6.52. The van der Waals surface area contributed by atoms with Crippen molar-refractivity contribution in [2.75, 3.05) is 0 Å². The van der Waals surface area contributed by atoms with E-state index in [1.54, 1.807) is 6.92 Å². The zero-order chi connectivity index (χ0) is 14.3. The predicted molar refractivity (Wildman–Crippen MR) is 66.1 cm³/mol. The van der Waals surface area contributed by atoms with E-state index >= 15 is 0 Å². The maximum absolute atomic E-state index is 12.4. The van der Waals surface area contributed by atoms with Crippen LogP contribution in [0.5, 0.6) is 0 Å². The number of hydrogen-bond acceptors (Lipinski definition) is 5. The topological polar surface area (TPSA) is 121 Å². The Hall–Kier alpha value is -2.25. The molecule has 20 heavy (non-hydrogen) atoms. The molecule has 3 rings (SSSR count). The lowest BCUT2D eigenvalue weighted by molar-refractivity contribution is -0.148. The number of nitrogens with one attached hydrogen (secondary N) is 2. The van der Waals surface area contributed by atoms with Crippen molar-refractivity contribution in [2.24, 2.45) is 23.7 Å². The lowest BCUT2D eigenvalue weighted by Crippen LogP contribution is -2.41. The van der Waals surface area contributed by atoms with Gasteiger partial charge in [0.1, 0.15) is 0 Å². The molecule has 5 atom stereocenters. The van der Waals surface area contributed by atoms with Gasteiger partial charge in [0, 0.05) is 0 Å². The van der Waals surface area contributed by atoms with Crippen molar-refractivity contribution in [3.63, 3.8) is 0 Å². The second-order valence-corrected chi connectivity index (χ2v) is 5.34. The molecule has 3 N–H and O–H groups in total. The largest absolute Gasteiger partial charge is 0.481 e. The second-order valence-electron chi connectivity index (χ2n) is 5.34. The molecule has 1 heterocycles. The summed E-state index contributed by atoms with van der Waals surface area (Å²) in [5.74, 6) is -1.96. The van der Waals surface area contributed by atoms with Crippen molar-refractivity contribution in [2.45, 2.75) is 19.4 Å². The number of carboxylic acid groups (broad SMARTS) is 1. The van der Waals surface area contributed by atoms with Gasteiger partial charge in [-0.25, -0.2) is 0 Å². The van der Waals surface area contributed by atoms with Crippen LogP contribution in [0.2, 0.25) is 0 Å². The van der Waals surface area contributed by atoms with Gasteiger partial charge >= 0.3 is 5.97 Å². The van der Waals surface area contributed by atoms with Crippen LogP contribution in [0.4, 0.5) is 0 Å². The van der Waals surface area contributed by atoms with Crippen LogP contribution in [0.1, 0.15) is 25.2 Å². The van der Waals surface area contributed by atoms with Gasteiger partial charge in [0.15, 0.2) is 5.82 Å². The highest BCUT2D eigenvalue weighted by atomic mass is 16.4. The van der Waals surface area contributed by atoms with Gasteiger partial charge in [0.25, 0.3) is 0 Å². The van der Waals surface area contributed by atoms with Crippen molar-refractivity contribution in [3.8, 4) is 0 Å². The van der Waals surface area contributed by atoms with Crippen molar-refractivity contribution in [1.29, 1.82) is 0 Å². The summed E-state index contributed by atoms with van der Waals surface area (Å²) in [5, 5.41) is 25.5. The van der Waals surface area contributed by atoms with E-state index in [1.165, 1.54) is 0 Å². The molecule has 0 aliphatic heterocycles. The first-order valence-electron chi connectivity index (χ1n) is 6.52. The zero-order valence-corrected chi connectivity index (χ0v) is 10.9. The number of allylic oxidation sites excluding steroid dienone is 2. The van der Waals surface area contributed by atoms with E-state index in [4.69, 9.17) is 0 Å². The molecular weight excluding hydrogens is 262 g/mol. The maximum atomic E-state index is 12.4. The molecule has 106 valence electrons. The summed E-state index contributed by atoms with van der Waals surface area (Å²) in [4.78, 5) is 23.7. The summed E-state index contributed by atoms with van der Waals surface area (Å²) in [6.07, 6.45) is 4.61. The number of tetrazole rings is 1. The van der Waals surface area contributed by atoms with Crippen LogP contribution in [-0.4, -0.2) is 37.6 Å². The van der Waals surface area contributed by atoms with E-state index in [1.807, 2.05) is 12.2 Å². The Morgan fingerprint density at radius 3 is 2.70 bits per heavy atom. The van der Waals surface area contributed by atoms with Gasteiger partial charge in [0.05, 0.1) is 17.9 Å². The number of carbonyl (C=O) groups excluding carboxylic acids is 1. The fourth-order valence-corrected chi connectivity index (χ4v) is 3.24. The Kier molecular flexibility index (Phi) is 3.00. The number of aromatic nitrogens is 4. The minimum Gasteiger partial charge on any atom is -0.481 e. The molecule has 0 saturated heterocycles. The van der Waals surface area contributed by atoms with E-state index in [0.717, 1.165) is 6.42 Å². The first kappa shape index (κ1) is 12.8. The molecule has 8 nitrogen and oxygen atoms in total. The van der Waals surface area contributed by atoms with Crippen LogP contribution in [0, 0.1) is 23.7 Å². The molecule has 8 heteroatoms. The lowest BCUT2D eigenvalue weighted by Gasteiger charge is -2.24. The summed E-state index contributed by atoms with van der Waals surface area (Å²) >= 11 is 0. The SMILES string of the molecule is CC(NC(=O)[C@H]1C2C=CC(C2)[C@H]1C(=O)O)c1nn[nH]n1. The van der Waals surface area contributed by atoms with E-state index in [2.05, 4.69) is 25.9 Å². The van der Waals surface area contributed by atoms with Crippen molar-refractivity contribution in [3.05, 3.63) is 18.0 Å². The monoisotopic (exact) mass is 277 g/mol. The molecule has 1 aromatic heterocycles. The average molecular weight is 277 g/mol. The third-order valence-corrected chi connectivity index (χ3v) is 4.15. The molecule has 2 bridgehead atoms. The third kappa shape index (κ3) is 1.97. The average Bonchev–Trinajstić information content (AvgIpc) is 3.13. The standard InChI is InChI=1S/C12H15N5O3/c1-5(10-14-16-17-15-10)13-11(18)8-6-2-3-7(4-6)9(8)12(19)20/h2-3,5-9H,4H2,1H3,(H,13,18)(H,19,20)(H,14,15,16,17)/t5?,6?,7?,8-,9+/m0/s1. The van der Waals surface area contributed by atoms with Gasteiger partial charge in [-0.05, 0) is 25.2 Å². The van der Waals surface area contributed by atoms with Crippen LogP contribution in [-0.2, 0) is 9.59 Å². The number of fused-ring (bicyclic) bond motifs is 2. The first-order chi connectivity index (χ1) is 9.58. The van der Waals surface area contributed by atoms with Gasteiger partial charge in [-0.1, -0.05) is 17.4 Å². The van der Waals surface area contributed by atoms with Crippen LogP contribution < -0.4 is 5.32 Å². The fraction of sp³-hybridized carbons (Fsp3) is 0.583. The summed E-state index contributed by atoms with van der Waals surface area (Å²) < 4.78 is 0. The Morgan fingerprint density at radius 1 is 1.40 bits per heavy atom. The molecule has 0 aromatic carbocycles. The number of H-pyrrole nitrogens is 1. The van der Waals surface area contributed by atoms with E-state index in [9.17, 15) is 14.7 Å². The Bertz CT molecular complexity index is 555. The molecular formula is C12H15N5O3. The van der Waals surface area contributed by atoms with Gasteiger partial charge in [0.2, 0.25) is 5.91 Å². The number of amides is 1. The summed E-state index contributed by atoms with van der Waals surface area (Å²) in [6, 6.07) is -0.404. The number of aromatic amines is 1. The summed E-state index contributed by atoms with van der Waals surface area (Å²) in [6.45, 7) is 1.74. The second kappa shape index (κ2) is 4.69. The predicted octanol–water partition coefficient (Wildman–Crippen LogP) is -0.100. The molecule has 1 saturated carbocycles. The van der Waals surface area contributed by atoms with E-state index in [0.29, 0.717) is 5.82 Å². The minimum atomic E-state index is -0.908. The van der Waals surface area contributed by atoms with Gasteiger partial charge < -0.3 is 10.4 Å². The highest BCUT2D eigenvalue weighted by Crippen LogP contribution is 2.48. The summed E-state index contributed by atoms with van der Waals surface area (Å²) in [7, 11) is 0. The smallest absolute Gasteiger partial charge is 0.307 e. The molecule has 2 aliphatic rings. The number of rotatable bonds is 4. The lowest BCUT2D eigenvalue weighted by atomic mass is 9.82. The zero-order valence-electron chi connectivity index (χ0n) is 10.9. The highest BCUT2D eigenvalue weighted by molar-refractivity contribution is 5.87. The number of carboxylic acids is 1. The maximum Gasteiger partial charge on any atom is 0.307 e. The molecule has 3 unspecified atom stereocenters. The third-order valence-electron chi connectivity index (χ3n) is 4.15. The number of carbonyl (C=O) groups is 2. The Balaban J connectivity index is 1.73. The van der Waals surface area contributed by atoms with Crippen LogP contribution >= 0.6 is 0 Å². The van der Waals surface area contributed by atoms with Gasteiger partial charge in [-0.2, -0.15) is 5.21 Å². The molecule has 0 spiro atoms. The van der Waals surface area contributed by atoms with Gasteiger partial charge in [-0.3, -0.25) is 9.59 Å². The Morgan fingerprint density at radius 2 is 2.10 bits per heavy atom. The minimum absolute atomic E-state index is 0.0126.